The Hall–Kier alpha value is -4.25. The van der Waals surface area contributed by atoms with Gasteiger partial charge in [-0.1, -0.05) is 29.8 Å². The Kier molecular flexibility index (Phi) is 7.81. The van der Waals surface area contributed by atoms with Gasteiger partial charge in [-0.3, -0.25) is 9.59 Å². The van der Waals surface area contributed by atoms with Crippen molar-refractivity contribution in [2.24, 2.45) is 0 Å². The van der Waals surface area contributed by atoms with Gasteiger partial charge in [0, 0.05) is 24.8 Å². The van der Waals surface area contributed by atoms with Gasteiger partial charge in [0.25, 0.3) is 5.91 Å². The smallest absolute Gasteiger partial charge is 0.410 e. The van der Waals surface area contributed by atoms with Crippen LogP contribution in [0.25, 0.3) is 11.4 Å². The molecule has 0 spiro atoms. The first-order chi connectivity index (χ1) is 19.5. The fourth-order valence-corrected chi connectivity index (χ4v) is 4.96. The van der Waals surface area contributed by atoms with Crippen LogP contribution in [-0.2, 0) is 22.5 Å². The molecule has 3 aromatic rings. The Balaban J connectivity index is 1.24. The number of hydrogen-bond donors (Lipinski definition) is 3. The number of rotatable bonds is 6. The number of fused-ring (bicyclic) bond motifs is 1. The van der Waals surface area contributed by atoms with Crippen molar-refractivity contribution in [2.75, 3.05) is 18.4 Å². The standard InChI is InChI=1S/C29H30ClFN6O4/c1-29(2,3)41-28(40)37-12-11-18(15-37)33-22(38)13-16-7-9-17(10-8-16)34-26-24-21(14-32-27(24)39)35-25(36-26)23-19(30)5-4-6-20(23)31/h4-10,18H,11-15H2,1-3H3,(H,32,39)(H,33,38)(H,34,35,36)/t18-/m1/s1. The van der Waals surface area contributed by atoms with E-state index in [0.717, 1.165) is 5.56 Å². The van der Waals surface area contributed by atoms with Crippen LogP contribution in [0, 0.1) is 5.82 Å². The van der Waals surface area contributed by atoms with Crippen molar-refractivity contribution in [2.45, 2.75) is 51.8 Å². The third-order valence-electron chi connectivity index (χ3n) is 6.60. The summed E-state index contributed by atoms with van der Waals surface area (Å²) in [7, 11) is 0. The van der Waals surface area contributed by atoms with E-state index in [0.29, 0.717) is 30.9 Å². The second kappa shape index (κ2) is 11.3. The normalized spacial score (nSPS) is 16.3. The lowest BCUT2D eigenvalue weighted by Crippen LogP contribution is -2.40. The molecule has 2 aliphatic rings. The first-order valence-corrected chi connectivity index (χ1v) is 13.6. The molecule has 1 saturated heterocycles. The Bertz CT molecular complexity index is 1490. The quantitative estimate of drug-likeness (QED) is 0.389. The van der Waals surface area contributed by atoms with Crippen LogP contribution in [0.1, 0.15) is 48.8 Å². The van der Waals surface area contributed by atoms with Crippen molar-refractivity contribution in [1.29, 1.82) is 0 Å². The molecule has 3 amide bonds. The first-order valence-electron chi connectivity index (χ1n) is 13.2. The third kappa shape index (κ3) is 6.57. The summed E-state index contributed by atoms with van der Waals surface area (Å²) < 4.78 is 20.0. The van der Waals surface area contributed by atoms with Gasteiger partial charge in [-0.05, 0) is 57.0 Å². The lowest BCUT2D eigenvalue weighted by atomic mass is 10.1. The fourth-order valence-electron chi connectivity index (χ4n) is 4.72. The van der Waals surface area contributed by atoms with Crippen molar-refractivity contribution in [3.63, 3.8) is 0 Å². The second-order valence-electron chi connectivity index (χ2n) is 11.0. The van der Waals surface area contributed by atoms with Crippen molar-refractivity contribution < 1.29 is 23.5 Å². The number of likely N-dealkylation sites (tertiary alicyclic amines) is 1. The van der Waals surface area contributed by atoms with Crippen molar-refractivity contribution in [3.8, 4) is 11.4 Å². The molecule has 12 heteroatoms. The Morgan fingerprint density at radius 3 is 2.61 bits per heavy atom. The van der Waals surface area contributed by atoms with Crippen LogP contribution in [0.15, 0.2) is 42.5 Å². The van der Waals surface area contributed by atoms with E-state index in [9.17, 15) is 18.8 Å². The minimum absolute atomic E-state index is 0.0530. The van der Waals surface area contributed by atoms with Crippen molar-refractivity contribution >= 4 is 41.0 Å². The summed E-state index contributed by atoms with van der Waals surface area (Å²) in [5, 5.41) is 8.99. The molecule has 2 aliphatic heterocycles. The van der Waals surface area contributed by atoms with E-state index in [1.807, 2.05) is 20.8 Å². The van der Waals surface area contributed by atoms with E-state index >= 15 is 0 Å². The molecule has 3 N–H and O–H groups in total. The highest BCUT2D eigenvalue weighted by atomic mass is 35.5. The van der Waals surface area contributed by atoms with E-state index in [4.69, 9.17) is 16.3 Å². The average molecular weight is 581 g/mol. The maximum atomic E-state index is 14.6. The van der Waals surface area contributed by atoms with Gasteiger partial charge in [0.2, 0.25) is 5.91 Å². The highest BCUT2D eigenvalue weighted by Crippen LogP contribution is 2.32. The summed E-state index contributed by atoms with van der Waals surface area (Å²) in [6, 6.07) is 11.3. The topological polar surface area (TPSA) is 126 Å². The summed E-state index contributed by atoms with van der Waals surface area (Å²) >= 11 is 6.23. The number of ether oxygens (including phenoxy) is 1. The van der Waals surface area contributed by atoms with E-state index in [2.05, 4.69) is 25.9 Å². The number of anilines is 2. The van der Waals surface area contributed by atoms with Gasteiger partial charge in [0.05, 0.1) is 29.2 Å². The summed E-state index contributed by atoms with van der Waals surface area (Å²) in [5.74, 6) is -0.770. The van der Waals surface area contributed by atoms with Crippen LogP contribution in [0.5, 0.6) is 0 Å². The number of aromatic nitrogens is 2. The maximum Gasteiger partial charge on any atom is 0.410 e. The van der Waals surface area contributed by atoms with E-state index in [-0.39, 0.29) is 64.7 Å². The van der Waals surface area contributed by atoms with Gasteiger partial charge in [0.1, 0.15) is 22.8 Å². The van der Waals surface area contributed by atoms with Crippen LogP contribution in [0.4, 0.5) is 20.7 Å². The molecular formula is C29H30ClFN6O4. The molecule has 0 unspecified atom stereocenters. The van der Waals surface area contributed by atoms with Gasteiger partial charge in [-0.2, -0.15) is 0 Å². The molecule has 2 aromatic carbocycles. The predicted molar refractivity (Wildman–Crippen MR) is 151 cm³/mol. The molecule has 10 nitrogen and oxygen atoms in total. The summed E-state index contributed by atoms with van der Waals surface area (Å²) in [6.07, 6.45) is 0.433. The molecule has 3 heterocycles. The Morgan fingerprint density at radius 1 is 1.15 bits per heavy atom. The molecule has 0 saturated carbocycles. The number of carbonyl (C=O) groups excluding carboxylic acids is 3. The largest absolute Gasteiger partial charge is 0.444 e. The zero-order valence-corrected chi connectivity index (χ0v) is 23.6. The third-order valence-corrected chi connectivity index (χ3v) is 6.92. The van der Waals surface area contributed by atoms with Gasteiger partial charge in [0.15, 0.2) is 5.82 Å². The summed E-state index contributed by atoms with van der Waals surface area (Å²) in [6.45, 7) is 6.57. The van der Waals surface area contributed by atoms with Gasteiger partial charge in [-0.25, -0.2) is 19.2 Å². The number of nitrogens with zero attached hydrogens (tertiary/aromatic N) is 3. The van der Waals surface area contributed by atoms with Crippen LogP contribution < -0.4 is 16.0 Å². The molecule has 0 aliphatic carbocycles. The highest BCUT2D eigenvalue weighted by Gasteiger charge is 2.31. The predicted octanol–water partition coefficient (Wildman–Crippen LogP) is 4.59. The molecule has 41 heavy (non-hydrogen) atoms. The molecule has 5 rings (SSSR count). The zero-order chi connectivity index (χ0) is 29.3. The van der Waals surface area contributed by atoms with E-state index in [1.165, 1.54) is 12.1 Å². The number of benzene rings is 2. The van der Waals surface area contributed by atoms with Crippen molar-refractivity contribution in [1.82, 2.24) is 25.5 Å². The monoisotopic (exact) mass is 580 g/mol. The van der Waals surface area contributed by atoms with Gasteiger partial charge in [-0.15, -0.1) is 0 Å². The molecule has 0 bridgehead atoms. The maximum absolute atomic E-state index is 14.6. The molecule has 0 radical (unpaired) electrons. The van der Waals surface area contributed by atoms with Crippen LogP contribution >= 0.6 is 11.6 Å². The van der Waals surface area contributed by atoms with Gasteiger partial charge >= 0.3 is 6.09 Å². The van der Waals surface area contributed by atoms with Crippen LogP contribution in [0.3, 0.4) is 0 Å². The minimum Gasteiger partial charge on any atom is -0.444 e. The number of nitrogens with one attached hydrogen (secondary N) is 3. The number of carbonyl (C=O) groups is 3. The molecule has 214 valence electrons. The minimum atomic E-state index is -0.574. The highest BCUT2D eigenvalue weighted by molar-refractivity contribution is 6.33. The van der Waals surface area contributed by atoms with Crippen LogP contribution in [0.2, 0.25) is 5.02 Å². The zero-order valence-electron chi connectivity index (χ0n) is 22.9. The molecule has 1 aromatic heterocycles. The SMILES string of the molecule is CC(C)(C)OC(=O)N1CC[C@@H](NC(=O)Cc2ccc(Nc3nc(-c4c(F)cccc4Cl)nc4c3C(=O)NC4)cc2)C1. The summed E-state index contributed by atoms with van der Waals surface area (Å²) in [4.78, 5) is 47.9. The number of halogens is 2. The molecular weight excluding hydrogens is 551 g/mol. The lowest BCUT2D eigenvalue weighted by molar-refractivity contribution is -0.121. The van der Waals surface area contributed by atoms with E-state index < -0.39 is 11.4 Å². The van der Waals surface area contributed by atoms with Crippen LogP contribution in [-0.4, -0.2) is 57.5 Å². The number of amides is 3. The molecule has 1 fully saturated rings. The average Bonchev–Trinajstić information content (AvgIpc) is 3.51. The second-order valence-corrected chi connectivity index (χ2v) is 11.4. The summed E-state index contributed by atoms with van der Waals surface area (Å²) in [5.41, 5.74) is 1.59. The Morgan fingerprint density at radius 2 is 1.90 bits per heavy atom. The molecule has 1 atom stereocenters. The van der Waals surface area contributed by atoms with Crippen molar-refractivity contribution in [3.05, 3.63) is 70.1 Å². The first kappa shape index (κ1) is 28.3. The Labute approximate surface area is 241 Å². The van der Waals surface area contributed by atoms with Gasteiger partial charge < -0.3 is 25.6 Å². The lowest BCUT2D eigenvalue weighted by Gasteiger charge is -2.24. The number of hydrogen-bond acceptors (Lipinski definition) is 7. The fraction of sp³-hybridized carbons (Fsp3) is 0.345. The van der Waals surface area contributed by atoms with E-state index in [1.54, 1.807) is 35.2 Å².